The lowest BCUT2D eigenvalue weighted by Gasteiger charge is -2.32. The summed E-state index contributed by atoms with van der Waals surface area (Å²) in [5.74, 6) is 0.0692. The number of carbonyl (C=O) groups excluding carboxylic acids is 2. The molecule has 5 nitrogen and oxygen atoms in total. The standard InChI is InChI=1S/C23H29N3O2/c1-15-6-4-8-20(12-15)26-16(2)13-21(17(26)3)23(28)25-11-5-7-18(14-25)22(27)24-19-9-10-19/h4,6,8,12-13,18-19H,5,7,9-11,14H2,1-3H3,(H,24,27). The van der Waals surface area contributed by atoms with Crippen molar-refractivity contribution in [2.75, 3.05) is 13.1 Å². The number of nitrogens with zero attached hydrogens (tertiary/aromatic N) is 2. The lowest BCUT2D eigenvalue weighted by Crippen LogP contribution is -2.46. The molecule has 1 aromatic heterocycles. The van der Waals surface area contributed by atoms with E-state index in [-0.39, 0.29) is 17.7 Å². The van der Waals surface area contributed by atoms with Crippen LogP contribution in [0, 0.1) is 26.7 Å². The maximum absolute atomic E-state index is 13.3. The lowest BCUT2D eigenvalue weighted by molar-refractivity contribution is -0.126. The van der Waals surface area contributed by atoms with E-state index >= 15 is 0 Å². The maximum Gasteiger partial charge on any atom is 0.255 e. The van der Waals surface area contributed by atoms with Gasteiger partial charge in [-0.05, 0) is 70.2 Å². The minimum atomic E-state index is -0.0847. The van der Waals surface area contributed by atoms with E-state index in [4.69, 9.17) is 0 Å². The van der Waals surface area contributed by atoms with Crippen molar-refractivity contribution < 1.29 is 9.59 Å². The summed E-state index contributed by atoms with van der Waals surface area (Å²) in [4.78, 5) is 27.6. The summed E-state index contributed by atoms with van der Waals surface area (Å²) in [7, 11) is 0. The number of aryl methyl sites for hydroxylation is 2. The van der Waals surface area contributed by atoms with Crippen molar-refractivity contribution in [3.05, 3.63) is 52.8 Å². The van der Waals surface area contributed by atoms with Crippen LogP contribution in [0.25, 0.3) is 5.69 Å². The van der Waals surface area contributed by atoms with Gasteiger partial charge < -0.3 is 14.8 Å². The molecule has 28 heavy (non-hydrogen) atoms. The molecule has 2 aromatic rings. The second kappa shape index (κ2) is 7.46. The zero-order valence-electron chi connectivity index (χ0n) is 17.0. The second-order valence-corrected chi connectivity index (χ2v) is 8.33. The van der Waals surface area contributed by atoms with Crippen molar-refractivity contribution in [1.29, 1.82) is 0 Å². The van der Waals surface area contributed by atoms with Gasteiger partial charge in [-0.25, -0.2) is 0 Å². The van der Waals surface area contributed by atoms with Gasteiger partial charge in [0.25, 0.3) is 5.91 Å². The van der Waals surface area contributed by atoms with Crippen LogP contribution in [0.5, 0.6) is 0 Å². The van der Waals surface area contributed by atoms with Crippen LogP contribution in [-0.2, 0) is 4.79 Å². The molecule has 2 fully saturated rings. The van der Waals surface area contributed by atoms with Gasteiger partial charge in [-0.15, -0.1) is 0 Å². The monoisotopic (exact) mass is 379 g/mol. The first kappa shape index (κ1) is 18.8. The molecule has 4 rings (SSSR count). The average Bonchev–Trinajstić information content (AvgIpc) is 3.44. The van der Waals surface area contributed by atoms with Crippen LogP contribution in [0.4, 0.5) is 0 Å². The zero-order chi connectivity index (χ0) is 19.8. The van der Waals surface area contributed by atoms with Crippen molar-refractivity contribution in [3.8, 4) is 5.69 Å². The fraction of sp³-hybridized carbons (Fsp3) is 0.478. The van der Waals surface area contributed by atoms with Gasteiger partial charge in [0.2, 0.25) is 5.91 Å². The van der Waals surface area contributed by atoms with E-state index in [1.165, 1.54) is 5.56 Å². The van der Waals surface area contributed by atoms with Crippen LogP contribution in [0.1, 0.15) is 53.0 Å². The molecular weight excluding hydrogens is 350 g/mol. The molecule has 1 saturated carbocycles. The zero-order valence-corrected chi connectivity index (χ0v) is 17.0. The third-order valence-electron chi connectivity index (χ3n) is 5.92. The van der Waals surface area contributed by atoms with Gasteiger partial charge >= 0.3 is 0 Å². The van der Waals surface area contributed by atoms with Crippen LogP contribution in [0.3, 0.4) is 0 Å². The molecule has 2 heterocycles. The molecule has 1 saturated heterocycles. The Hall–Kier alpha value is -2.56. The van der Waals surface area contributed by atoms with Gasteiger partial charge in [-0.1, -0.05) is 12.1 Å². The molecule has 0 bridgehead atoms. The summed E-state index contributed by atoms with van der Waals surface area (Å²) in [5, 5.41) is 3.09. The number of piperidine rings is 1. The second-order valence-electron chi connectivity index (χ2n) is 8.33. The Morgan fingerprint density at radius 2 is 1.86 bits per heavy atom. The molecule has 2 aliphatic rings. The highest BCUT2D eigenvalue weighted by molar-refractivity contribution is 5.96. The quantitative estimate of drug-likeness (QED) is 0.883. The molecule has 1 aliphatic carbocycles. The number of hydrogen-bond acceptors (Lipinski definition) is 2. The largest absolute Gasteiger partial charge is 0.353 e. The van der Waals surface area contributed by atoms with E-state index in [1.54, 1.807) is 0 Å². The molecule has 0 radical (unpaired) electrons. The van der Waals surface area contributed by atoms with Gasteiger partial charge in [0.1, 0.15) is 0 Å². The first-order valence-corrected chi connectivity index (χ1v) is 10.3. The summed E-state index contributed by atoms with van der Waals surface area (Å²) in [5.41, 5.74) is 5.01. The van der Waals surface area contributed by atoms with Gasteiger partial charge in [-0.2, -0.15) is 0 Å². The molecule has 0 spiro atoms. The molecule has 148 valence electrons. The molecule has 5 heteroatoms. The maximum atomic E-state index is 13.3. The Balaban J connectivity index is 1.54. The summed E-state index contributed by atoms with van der Waals surface area (Å²) in [6.45, 7) is 7.36. The van der Waals surface area contributed by atoms with Crippen molar-refractivity contribution in [1.82, 2.24) is 14.8 Å². The van der Waals surface area contributed by atoms with Crippen LogP contribution in [0.15, 0.2) is 30.3 Å². The SMILES string of the molecule is Cc1cccc(-n2c(C)cc(C(=O)N3CCCC(C(=O)NC4CC4)C3)c2C)c1. The predicted octanol–water partition coefficient (Wildman–Crippen LogP) is 3.53. The minimum absolute atomic E-state index is 0.0379. The predicted molar refractivity (Wildman–Crippen MR) is 110 cm³/mol. The molecule has 1 aromatic carbocycles. The Kier molecular flexibility index (Phi) is 5.00. The molecular formula is C23H29N3O2. The Morgan fingerprint density at radius 3 is 2.57 bits per heavy atom. The Morgan fingerprint density at radius 1 is 1.07 bits per heavy atom. The number of benzene rings is 1. The van der Waals surface area contributed by atoms with Crippen LogP contribution in [0.2, 0.25) is 0 Å². The van der Waals surface area contributed by atoms with Crippen molar-refractivity contribution >= 4 is 11.8 Å². The van der Waals surface area contributed by atoms with Gasteiger partial charge in [-0.3, -0.25) is 9.59 Å². The smallest absolute Gasteiger partial charge is 0.255 e. The fourth-order valence-corrected chi connectivity index (χ4v) is 4.24. The third kappa shape index (κ3) is 3.71. The topological polar surface area (TPSA) is 54.3 Å². The molecule has 1 N–H and O–H groups in total. The van der Waals surface area contributed by atoms with E-state index in [9.17, 15) is 9.59 Å². The fourth-order valence-electron chi connectivity index (χ4n) is 4.24. The highest BCUT2D eigenvalue weighted by Gasteiger charge is 2.33. The first-order chi connectivity index (χ1) is 13.4. The third-order valence-corrected chi connectivity index (χ3v) is 5.92. The first-order valence-electron chi connectivity index (χ1n) is 10.3. The number of rotatable bonds is 4. The van der Waals surface area contributed by atoms with E-state index in [0.29, 0.717) is 12.6 Å². The van der Waals surface area contributed by atoms with Gasteiger partial charge in [0.15, 0.2) is 0 Å². The normalized spacial score (nSPS) is 19.5. The van der Waals surface area contributed by atoms with Crippen LogP contribution in [-0.4, -0.2) is 40.4 Å². The lowest BCUT2D eigenvalue weighted by atomic mass is 9.96. The number of carbonyl (C=O) groups is 2. The summed E-state index contributed by atoms with van der Waals surface area (Å²) >= 11 is 0. The Bertz CT molecular complexity index is 911. The Labute approximate surface area is 166 Å². The molecule has 1 atom stereocenters. The summed E-state index contributed by atoms with van der Waals surface area (Å²) < 4.78 is 2.14. The number of aromatic nitrogens is 1. The van der Waals surface area contributed by atoms with Crippen molar-refractivity contribution in [2.24, 2.45) is 5.92 Å². The highest BCUT2D eigenvalue weighted by Crippen LogP contribution is 2.26. The summed E-state index contributed by atoms with van der Waals surface area (Å²) in [6, 6.07) is 10.7. The van der Waals surface area contributed by atoms with Crippen molar-refractivity contribution in [3.63, 3.8) is 0 Å². The van der Waals surface area contributed by atoms with Crippen LogP contribution >= 0.6 is 0 Å². The molecule has 2 amide bonds. The summed E-state index contributed by atoms with van der Waals surface area (Å²) in [6.07, 6.45) is 3.92. The number of nitrogens with one attached hydrogen (secondary N) is 1. The highest BCUT2D eigenvalue weighted by atomic mass is 16.2. The molecule has 1 aliphatic heterocycles. The van der Waals surface area contributed by atoms with E-state index in [2.05, 4.69) is 35.0 Å². The number of amides is 2. The number of likely N-dealkylation sites (tertiary alicyclic amines) is 1. The van der Waals surface area contributed by atoms with E-state index < -0.39 is 0 Å². The van der Waals surface area contributed by atoms with E-state index in [1.807, 2.05) is 30.9 Å². The molecule has 1 unspecified atom stereocenters. The average molecular weight is 380 g/mol. The van der Waals surface area contributed by atoms with Crippen molar-refractivity contribution in [2.45, 2.75) is 52.5 Å². The number of hydrogen-bond donors (Lipinski definition) is 1. The van der Waals surface area contributed by atoms with Gasteiger partial charge in [0, 0.05) is 36.2 Å². The van der Waals surface area contributed by atoms with E-state index in [0.717, 1.165) is 54.9 Å². The van der Waals surface area contributed by atoms with Crippen LogP contribution < -0.4 is 5.32 Å². The minimum Gasteiger partial charge on any atom is -0.353 e. The van der Waals surface area contributed by atoms with Gasteiger partial charge in [0.05, 0.1) is 11.5 Å².